The first-order valence-corrected chi connectivity index (χ1v) is 13.9. The van der Waals surface area contributed by atoms with Gasteiger partial charge >= 0.3 is 0 Å². The van der Waals surface area contributed by atoms with Crippen molar-refractivity contribution in [1.82, 2.24) is 5.32 Å². The Morgan fingerprint density at radius 1 is 1.00 bits per heavy atom. The van der Waals surface area contributed by atoms with Crippen LogP contribution in [0, 0.1) is 0 Å². The van der Waals surface area contributed by atoms with Crippen LogP contribution >= 0.6 is 0 Å². The summed E-state index contributed by atoms with van der Waals surface area (Å²) in [6.07, 6.45) is -0.933. The highest BCUT2D eigenvalue weighted by Gasteiger charge is 2.55. The van der Waals surface area contributed by atoms with Gasteiger partial charge in [0, 0.05) is 6.92 Å². The van der Waals surface area contributed by atoms with Gasteiger partial charge in [0.1, 0.15) is 18.3 Å². The summed E-state index contributed by atoms with van der Waals surface area (Å²) in [5.41, 5.74) is 0. The van der Waals surface area contributed by atoms with Crippen LogP contribution in [0.3, 0.4) is 0 Å². The van der Waals surface area contributed by atoms with E-state index < -0.39 is 14.1 Å². The first kappa shape index (κ1) is 25.1. The first-order valence-electron chi connectivity index (χ1n) is 12.0. The molecule has 0 aliphatic carbocycles. The van der Waals surface area contributed by atoms with Gasteiger partial charge in [0.05, 0.1) is 19.3 Å². The summed E-state index contributed by atoms with van der Waals surface area (Å²) in [6, 6.07) is 20.9. The lowest BCUT2D eigenvalue weighted by Gasteiger charge is -2.45. The second-order valence-electron chi connectivity index (χ2n) is 10.7. The van der Waals surface area contributed by atoms with Gasteiger partial charge < -0.3 is 24.0 Å². The average Bonchev–Trinajstić information content (AvgIpc) is 3.11. The summed E-state index contributed by atoms with van der Waals surface area (Å²) in [4.78, 5) is 11.7. The van der Waals surface area contributed by atoms with Crippen LogP contribution in [0.25, 0.3) is 0 Å². The Labute approximate surface area is 204 Å². The molecule has 2 saturated heterocycles. The van der Waals surface area contributed by atoms with Crippen molar-refractivity contribution < 1.29 is 23.4 Å². The van der Waals surface area contributed by atoms with Crippen molar-refractivity contribution in [3.8, 4) is 0 Å². The molecule has 0 spiro atoms. The lowest BCUT2D eigenvalue weighted by molar-refractivity contribution is -0.156. The van der Waals surface area contributed by atoms with Crippen molar-refractivity contribution in [3.05, 3.63) is 60.7 Å². The van der Waals surface area contributed by atoms with Crippen molar-refractivity contribution >= 4 is 24.6 Å². The maximum atomic E-state index is 11.7. The SMILES string of the molecule is CC(=O)N[C@H]1CO[C@H](CO[Si](c2ccccc2)(c2ccccc2)C(C)(C)C)[C@@H]2OC(C)(C)O[C@@H]21. The standard InChI is InChI=1S/C27H37NO5Si/c1-19(29)28-22-17-30-23(25-24(22)32-27(5,6)33-25)18-31-34(26(2,3)4,20-13-9-7-10-14-20)21-15-11-8-12-16-21/h7-16,22-25H,17-18H2,1-6H3,(H,28,29)/t22-,23+,24+,25-/m0/s1. The van der Waals surface area contributed by atoms with Gasteiger partial charge in [-0.05, 0) is 29.3 Å². The average molecular weight is 484 g/mol. The fourth-order valence-corrected chi connectivity index (χ4v) is 9.90. The van der Waals surface area contributed by atoms with E-state index in [9.17, 15) is 4.79 Å². The third kappa shape index (κ3) is 4.85. The van der Waals surface area contributed by atoms with Crippen LogP contribution < -0.4 is 15.7 Å². The van der Waals surface area contributed by atoms with Gasteiger partial charge in [0.2, 0.25) is 5.91 Å². The molecule has 2 fully saturated rings. The number of carbonyl (C=O) groups is 1. The third-order valence-corrected chi connectivity index (χ3v) is 11.7. The van der Waals surface area contributed by atoms with Crippen molar-refractivity contribution in [2.24, 2.45) is 0 Å². The molecule has 2 aliphatic heterocycles. The second-order valence-corrected chi connectivity index (χ2v) is 15.0. The summed E-state index contributed by atoms with van der Waals surface area (Å²) in [5, 5.41) is 5.28. The number of ether oxygens (including phenoxy) is 3. The number of amides is 1. The normalized spacial score (nSPS) is 26.6. The van der Waals surface area contributed by atoms with Crippen LogP contribution in [-0.4, -0.2) is 57.6 Å². The molecular formula is C27H37NO5Si. The molecule has 4 atom stereocenters. The van der Waals surface area contributed by atoms with Gasteiger partial charge in [-0.2, -0.15) is 0 Å². The van der Waals surface area contributed by atoms with Crippen molar-refractivity contribution in [1.29, 1.82) is 0 Å². The molecule has 184 valence electrons. The van der Waals surface area contributed by atoms with E-state index in [1.165, 1.54) is 17.3 Å². The molecule has 4 rings (SSSR count). The zero-order valence-electron chi connectivity index (χ0n) is 21.0. The summed E-state index contributed by atoms with van der Waals surface area (Å²) >= 11 is 0. The lowest BCUT2D eigenvalue weighted by Crippen LogP contribution is -2.68. The summed E-state index contributed by atoms with van der Waals surface area (Å²) < 4.78 is 25.8. The van der Waals surface area contributed by atoms with Crippen LogP contribution in [0.15, 0.2) is 60.7 Å². The maximum Gasteiger partial charge on any atom is 0.261 e. The first-order chi connectivity index (χ1) is 16.0. The predicted octanol–water partition coefficient (Wildman–Crippen LogP) is 2.99. The fourth-order valence-electron chi connectivity index (χ4n) is 5.33. The molecule has 2 aromatic rings. The minimum Gasteiger partial charge on any atom is -0.405 e. The lowest BCUT2D eigenvalue weighted by atomic mass is 9.98. The van der Waals surface area contributed by atoms with E-state index in [4.69, 9.17) is 18.6 Å². The zero-order chi connectivity index (χ0) is 24.6. The quantitative estimate of drug-likeness (QED) is 0.640. The number of nitrogens with one attached hydrogen (secondary N) is 1. The highest BCUT2D eigenvalue weighted by atomic mass is 28.4. The van der Waals surface area contributed by atoms with E-state index in [1.54, 1.807) is 0 Å². The molecule has 0 saturated carbocycles. The van der Waals surface area contributed by atoms with E-state index in [0.29, 0.717) is 13.2 Å². The molecular weight excluding hydrogens is 446 g/mol. The zero-order valence-corrected chi connectivity index (χ0v) is 22.0. The van der Waals surface area contributed by atoms with Crippen LogP contribution in [0.4, 0.5) is 0 Å². The third-order valence-electron chi connectivity index (χ3n) is 6.69. The predicted molar refractivity (Wildman–Crippen MR) is 135 cm³/mol. The largest absolute Gasteiger partial charge is 0.405 e. The Morgan fingerprint density at radius 2 is 1.53 bits per heavy atom. The Morgan fingerprint density at radius 3 is 2.03 bits per heavy atom. The van der Waals surface area contributed by atoms with E-state index in [2.05, 4.69) is 74.6 Å². The van der Waals surface area contributed by atoms with Gasteiger partial charge in [-0.3, -0.25) is 4.79 Å². The fraction of sp³-hybridized carbons (Fsp3) is 0.519. The Bertz CT molecular complexity index is 936. The van der Waals surface area contributed by atoms with Crippen molar-refractivity contribution in [3.63, 3.8) is 0 Å². The molecule has 1 N–H and O–H groups in total. The molecule has 7 heteroatoms. The van der Waals surface area contributed by atoms with E-state index in [1.807, 2.05) is 26.0 Å². The Hall–Kier alpha value is -2.03. The van der Waals surface area contributed by atoms with E-state index in [0.717, 1.165) is 0 Å². The van der Waals surface area contributed by atoms with Crippen LogP contribution in [0.2, 0.25) is 5.04 Å². The second kappa shape index (κ2) is 9.55. The van der Waals surface area contributed by atoms with Crippen LogP contribution in [0.1, 0.15) is 41.5 Å². The van der Waals surface area contributed by atoms with Gasteiger partial charge in [0.25, 0.3) is 8.32 Å². The molecule has 0 radical (unpaired) electrons. The van der Waals surface area contributed by atoms with Crippen LogP contribution in [-0.2, 0) is 23.4 Å². The smallest absolute Gasteiger partial charge is 0.261 e. The summed E-state index contributed by atoms with van der Waals surface area (Å²) in [6.45, 7) is 12.8. The van der Waals surface area contributed by atoms with Crippen molar-refractivity contribution in [2.75, 3.05) is 13.2 Å². The molecule has 6 nitrogen and oxygen atoms in total. The van der Waals surface area contributed by atoms with Crippen molar-refractivity contribution in [2.45, 2.75) is 76.7 Å². The Kier molecular flexibility index (Phi) is 7.04. The summed E-state index contributed by atoms with van der Waals surface area (Å²) in [5.74, 6) is -0.863. The molecule has 0 aromatic heterocycles. The van der Waals surface area contributed by atoms with Crippen LogP contribution in [0.5, 0.6) is 0 Å². The molecule has 1 amide bonds. The van der Waals surface area contributed by atoms with Gasteiger partial charge in [-0.1, -0.05) is 81.4 Å². The number of rotatable bonds is 6. The minimum atomic E-state index is -2.70. The van der Waals surface area contributed by atoms with Gasteiger partial charge in [-0.15, -0.1) is 0 Å². The van der Waals surface area contributed by atoms with Gasteiger partial charge in [-0.25, -0.2) is 0 Å². The topological polar surface area (TPSA) is 66.0 Å². The minimum absolute atomic E-state index is 0.109. The highest BCUT2D eigenvalue weighted by Crippen LogP contribution is 2.39. The molecule has 34 heavy (non-hydrogen) atoms. The number of fused-ring (bicyclic) bond motifs is 1. The monoisotopic (exact) mass is 483 g/mol. The molecule has 2 heterocycles. The number of benzene rings is 2. The van der Waals surface area contributed by atoms with E-state index in [-0.39, 0.29) is 35.3 Å². The molecule has 2 aromatic carbocycles. The number of carbonyl (C=O) groups excluding carboxylic acids is 1. The van der Waals surface area contributed by atoms with Gasteiger partial charge in [0.15, 0.2) is 5.79 Å². The number of hydrogen-bond donors (Lipinski definition) is 1. The number of hydrogen-bond acceptors (Lipinski definition) is 5. The highest BCUT2D eigenvalue weighted by molar-refractivity contribution is 6.99. The molecule has 2 aliphatic rings. The molecule has 0 bridgehead atoms. The summed E-state index contributed by atoms with van der Waals surface area (Å²) in [7, 11) is -2.70. The molecule has 0 unspecified atom stereocenters. The van der Waals surface area contributed by atoms with E-state index >= 15 is 0 Å². The maximum absolute atomic E-state index is 11.7. The Balaban J connectivity index is 1.66.